The maximum absolute atomic E-state index is 10.6. The minimum Gasteiger partial charge on any atom is -0.475 e. The molecule has 2 aromatic heterocycles. The number of piperazine rings is 1. The summed E-state index contributed by atoms with van der Waals surface area (Å²) in [4.78, 5) is 31.7. The van der Waals surface area contributed by atoms with Gasteiger partial charge in [-0.05, 0) is 44.0 Å². The second-order valence-electron chi connectivity index (χ2n) is 9.28. The Morgan fingerprint density at radius 3 is 1.88 bits per heavy atom. The Bertz CT molecular complexity index is 1280. The summed E-state index contributed by atoms with van der Waals surface area (Å²) < 4.78 is 65.4. The SMILES string of the molecule is Cc1cc(C)c2nc(C)cc(CN3CCN(CCn4cncn4)CC3)c2c1.O=C(O)C(F)(F)F.O=C(O)C(F)(F)F. The fourth-order valence-corrected chi connectivity index (χ4v) is 4.03. The Morgan fingerprint density at radius 2 is 1.39 bits per heavy atom. The van der Waals surface area contributed by atoms with Crippen LogP contribution in [0.3, 0.4) is 0 Å². The van der Waals surface area contributed by atoms with E-state index in [9.17, 15) is 26.3 Å². The first-order valence-corrected chi connectivity index (χ1v) is 12.2. The molecule has 226 valence electrons. The molecular formula is C25H30F6N6O4. The number of aryl methyl sites for hydroxylation is 3. The van der Waals surface area contributed by atoms with Crippen LogP contribution in [0.2, 0.25) is 0 Å². The van der Waals surface area contributed by atoms with Crippen molar-refractivity contribution in [3.05, 3.63) is 53.2 Å². The Labute approximate surface area is 231 Å². The smallest absolute Gasteiger partial charge is 0.475 e. The predicted octanol–water partition coefficient (Wildman–Crippen LogP) is 3.84. The van der Waals surface area contributed by atoms with E-state index in [1.807, 2.05) is 4.68 Å². The number of aromatic nitrogens is 4. The zero-order chi connectivity index (χ0) is 31.0. The van der Waals surface area contributed by atoms with Crippen molar-refractivity contribution in [3.8, 4) is 0 Å². The molecule has 0 spiro atoms. The average Bonchev–Trinajstić information content (AvgIpc) is 3.38. The zero-order valence-corrected chi connectivity index (χ0v) is 22.5. The number of hydrogen-bond acceptors (Lipinski definition) is 7. The Hall–Kier alpha value is -3.79. The van der Waals surface area contributed by atoms with Crippen molar-refractivity contribution in [3.63, 3.8) is 0 Å². The van der Waals surface area contributed by atoms with Crippen LogP contribution < -0.4 is 0 Å². The predicted molar refractivity (Wildman–Crippen MR) is 135 cm³/mol. The molecule has 0 amide bonds. The number of aliphatic carboxylic acids is 2. The molecule has 10 nitrogen and oxygen atoms in total. The minimum atomic E-state index is -5.08. The van der Waals surface area contributed by atoms with E-state index < -0.39 is 24.3 Å². The number of alkyl halides is 6. The number of rotatable bonds is 5. The van der Waals surface area contributed by atoms with Gasteiger partial charge in [0.2, 0.25) is 0 Å². The summed E-state index contributed by atoms with van der Waals surface area (Å²) >= 11 is 0. The van der Waals surface area contributed by atoms with Gasteiger partial charge in [-0.3, -0.25) is 19.5 Å². The second-order valence-corrected chi connectivity index (χ2v) is 9.28. The molecule has 1 aromatic carbocycles. The van der Waals surface area contributed by atoms with Crippen molar-refractivity contribution in [2.24, 2.45) is 0 Å². The van der Waals surface area contributed by atoms with Gasteiger partial charge in [0.05, 0.1) is 12.1 Å². The number of fused-ring (bicyclic) bond motifs is 1. The second kappa shape index (κ2) is 14.2. The largest absolute Gasteiger partial charge is 0.490 e. The molecule has 1 aliphatic rings. The first-order chi connectivity index (χ1) is 19.0. The highest BCUT2D eigenvalue weighted by Gasteiger charge is 2.38. The summed E-state index contributed by atoms with van der Waals surface area (Å²) in [6, 6.07) is 6.78. The van der Waals surface area contributed by atoms with Crippen molar-refractivity contribution in [2.45, 2.75) is 46.2 Å². The number of nitrogens with zero attached hydrogens (tertiary/aromatic N) is 6. The molecular weight excluding hydrogens is 562 g/mol. The van der Waals surface area contributed by atoms with Gasteiger partial charge in [0.1, 0.15) is 12.7 Å². The number of benzene rings is 1. The lowest BCUT2D eigenvalue weighted by Gasteiger charge is -2.34. The molecule has 1 fully saturated rings. The van der Waals surface area contributed by atoms with Gasteiger partial charge in [-0.25, -0.2) is 14.6 Å². The van der Waals surface area contributed by atoms with Crippen LogP contribution >= 0.6 is 0 Å². The van der Waals surface area contributed by atoms with E-state index >= 15 is 0 Å². The van der Waals surface area contributed by atoms with Crippen LogP contribution in [0.5, 0.6) is 0 Å². The van der Waals surface area contributed by atoms with E-state index in [1.165, 1.54) is 22.1 Å². The molecule has 0 saturated carbocycles. The molecule has 0 bridgehead atoms. The maximum atomic E-state index is 10.6. The summed E-state index contributed by atoms with van der Waals surface area (Å²) in [5, 5.41) is 19.7. The van der Waals surface area contributed by atoms with Crippen LogP contribution in [0.4, 0.5) is 26.3 Å². The van der Waals surface area contributed by atoms with Crippen LogP contribution in [0.15, 0.2) is 30.9 Å². The third-order valence-electron chi connectivity index (χ3n) is 5.92. The molecule has 1 saturated heterocycles. The number of carbonyl (C=O) groups is 2. The molecule has 0 radical (unpaired) electrons. The van der Waals surface area contributed by atoms with Crippen LogP contribution in [0.25, 0.3) is 10.9 Å². The number of carboxylic acids is 2. The van der Waals surface area contributed by atoms with E-state index in [0.717, 1.165) is 57.0 Å². The molecule has 0 aliphatic carbocycles. The Morgan fingerprint density at radius 1 is 0.854 bits per heavy atom. The summed E-state index contributed by atoms with van der Waals surface area (Å²) in [7, 11) is 0. The molecule has 2 N–H and O–H groups in total. The van der Waals surface area contributed by atoms with Crippen molar-refractivity contribution in [1.29, 1.82) is 0 Å². The molecule has 0 unspecified atom stereocenters. The van der Waals surface area contributed by atoms with Crippen molar-refractivity contribution < 1.29 is 46.1 Å². The minimum absolute atomic E-state index is 0.909. The van der Waals surface area contributed by atoms with Gasteiger partial charge < -0.3 is 10.2 Å². The fourth-order valence-electron chi connectivity index (χ4n) is 4.03. The molecule has 3 heterocycles. The van der Waals surface area contributed by atoms with Gasteiger partial charge in [-0.2, -0.15) is 31.4 Å². The number of hydrogen-bond donors (Lipinski definition) is 2. The topological polar surface area (TPSA) is 125 Å². The number of halogens is 6. The van der Waals surface area contributed by atoms with E-state index in [4.69, 9.17) is 24.8 Å². The lowest BCUT2D eigenvalue weighted by molar-refractivity contribution is -0.193. The van der Waals surface area contributed by atoms with Gasteiger partial charge in [0.25, 0.3) is 0 Å². The van der Waals surface area contributed by atoms with Gasteiger partial charge in [-0.1, -0.05) is 11.6 Å². The Kier molecular flexibility index (Phi) is 11.6. The van der Waals surface area contributed by atoms with Gasteiger partial charge >= 0.3 is 24.3 Å². The molecule has 16 heteroatoms. The first-order valence-electron chi connectivity index (χ1n) is 12.2. The Balaban J connectivity index is 0.000000349. The third-order valence-corrected chi connectivity index (χ3v) is 5.92. The van der Waals surface area contributed by atoms with Gasteiger partial charge in [-0.15, -0.1) is 0 Å². The lowest BCUT2D eigenvalue weighted by atomic mass is 10.0. The van der Waals surface area contributed by atoms with Gasteiger partial charge in [0.15, 0.2) is 0 Å². The van der Waals surface area contributed by atoms with Crippen LogP contribution in [-0.2, 0) is 22.7 Å². The van der Waals surface area contributed by atoms with Crippen LogP contribution in [0.1, 0.15) is 22.4 Å². The van der Waals surface area contributed by atoms with E-state index in [2.05, 4.69) is 58.9 Å². The molecule has 0 atom stereocenters. The van der Waals surface area contributed by atoms with Crippen LogP contribution in [-0.4, -0.2) is 96.8 Å². The number of pyridine rings is 1. The van der Waals surface area contributed by atoms with Gasteiger partial charge in [0, 0.05) is 50.3 Å². The highest BCUT2D eigenvalue weighted by molar-refractivity contribution is 5.86. The lowest BCUT2D eigenvalue weighted by Crippen LogP contribution is -2.46. The standard InChI is InChI=1S/C21H28N6.2C2HF3O2/c1-16-10-17(2)21-20(11-16)19(12-18(3)24-21)13-26-6-4-25(5-7-26)8-9-27-15-22-14-23-27;2*3-2(4,5)1(6)7/h10-12,14-15H,4-9,13H2,1-3H3;2*(H,6,7). The first kappa shape index (κ1) is 33.4. The monoisotopic (exact) mass is 592 g/mol. The highest BCUT2D eigenvalue weighted by atomic mass is 19.4. The van der Waals surface area contributed by atoms with E-state index in [-0.39, 0.29) is 0 Å². The summed E-state index contributed by atoms with van der Waals surface area (Å²) in [6.45, 7) is 13.8. The van der Waals surface area contributed by atoms with Crippen LogP contribution in [0, 0.1) is 20.8 Å². The average molecular weight is 593 g/mol. The van der Waals surface area contributed by atoms with E-state index in [0.29, 0.717) is 0 Å². The number of carboxylic acid groups (broad SMARTS) is 2. The highest BCUT2D eigenvalue weighted by Crippen LogP contribution is 2.25. The molecule has 3 aromatic rings. The van der Waals surface area contributed by atoms with Crippen molar-refractivity contribution >= 4 is 22.8 Å². The quantitative estimate of drug-likeness (QED) is 0.426. The summed E-state index contributed by atoms with van der Waals surface area (Å²) in [5.74, 6) is -5.51. The molecule has 4 rings (SSSR count). The van der Waals surface area contributed by atoms with E-state index in [1.54, 1.807) is 12.7 Å². The molecule has 41 heavy (non-hydrogen) atoms. The molecule has 1 aliphatic heterocycles. The van der Waals surface area contributed by atoms with Crippen molar-refractivity contribution in [1.82, 2.24) is 29.5 Å². The third kappa shape index (κ3) is 11.0. The zero-order valence-electron chi connectivity index (χ0n) is 22.5. The maximum Gasteiger partial charge on any atom is 0.490 e. The normalized spacial score (nSPS) is 14.6. The van der Waals surface area contributed by atoms with Crippen molar-refractivity contribution in [2.75, 3.05) is 32.7 Å². The summed E-state index contributed by atoms with van der Waals surface area (Å²) in [6.07, 6.45) is -6.78. The fraction of sp³-hybridized carbons (Fsp3) is 0.480. The summed E-state index contributed by atoms with van der Waals surface area (Å²) in [5.41, 5.74) is 6.25.